The lowest BCUT2D eigenvalue weighted by molar-refractivity contribution is -0.119. The quantitative estimate of drug-likeness (QED) is 0.803. The Bertz CT molecular complexity index is 761. The van der Waals surface area contributed by atoms with Crippen LogP contribution in [0.2, 0.25) is 0 Å². The molecule has 2 N–H and O–H groups in total. The van der Waals surface area contributed by atoms with E-state index in [1.165, 1.54) is 6.92 Å². The summed E-state index contributed by atoms with van der Waals surface area (Å²) in [5.74, 6) is 2.66. The average molecular weight is 322 g/mol. The van der Waals surface area contributed by atoms with E-state index in [4.69, 9.17) is 11.2 Å². The molecule has 0 radical (unpaired) electrons. The van der Waals surface area contributed by atoms with E-state index < -0.39 is 0 Å². The van der Waals surface area contributed by atoms with Crippen LogP contribution in [0.4, 0.5) is 5.69 Å². The number of hydrogen-bond acceptors (Lipinski definition) is 3. The Balaban J connectivity index is 1.99. The smallest absolute Gasteiger partial charge is 0.255 e. The first kappa shape index (κ1) is 17.1. The third-order valence-electron chi connectivity index (χ3n) is 3.17. The van der Waals surface area contributed by atoms with Crippen LogP contribution in [0, 0.1) is 12.3 Å². The van der Waals surface area contributed by atoms with Crippen LogP contribution >= 0.6 is 0 Å². The summed E-state index contributed by atoms with van der Waals surface area (Å²) in [6, 6.07) is 14.1. The highest BCUT2D eigenvalue weighted by Gasteiger charge is 2.07. The fraction of sp³-hybridized carbons (Fsp3) is 0.158. The van der Waals surface area contributed by atoms with Crippen molar-refractivity contribution in [1.29, 1.82) is 0 Å². The summed E-state index contributed by atoms with van der Waals surface area (Å²) < 4.78 is 5.32. The zero-order valence-electron chi connectivity index (χ0n) is 13.3. The lowest BCUT2D eigenvalue weighted by Gasteiger charge is -2.08. The monoisotopic (exact) mass is 322 g/mol. The number of ether oxygens (including phenoxy) is 1. The molecule has 0 aliphatic carbocycles. The predicted molar refractivity (Wildman–Crippen MR) is 92.7 cm³/mol. The zero-order chi connectivity index (χ0) is 17.4. The van der Waals surface area contributed by atoms with Gasteiger partial charge in [-0.3, -0.25) is 9.59 Å². The third kappa shape index (κ3) is 5.18. The van der Waals surface area contributed by atoms with E-state index in [2.05, 4.69) is 16.6 Å². The largest absolute Gasteiger partial charge is 0.481 e. The maximum absolute atomic E-state index is 12.3. The number of terminal acetylenes is 1. The number of rotatable bonds is 6. The molecule has 0 saturated heterocycles. The molecule has 2 amide bonds. The van der Waals surface area contributed by atoms with Gasteiger partial charge in [0.25, 0.3) is 5.91 Å². The minimum atomic E-state index is -0.227. The molecule has 0 aliphatic heterocycles. The van der Waals surface area contributed by atoms with E-state index in [-0.39, 0.29) is 18.4 Å². The fourth-order valence-corrected chi connectivity index (χ4v) is 1.99. The van der Waals surface area contributed by atoms with Crippen molar-refractivity contribution >= 4 is 17.5 Å². The molecule has 0 bridgehead atoms. The number of anilines is 1. The number of carbonyl (C=O) groups excluding carboxylic acids is 2. The van der Waals surface area contributed by atoms with Gasteiger partial charge in [0.15, 0.2) is 0 Å². The Labute approximate surface area is 141 Å². The lowest BCUT2D eigenvalue weighted by Crippen LogP contribution is -2.19. The molecule has 24 heavy (non-hydrogen) atoms. The van der Waals surface area contributed by atoms with Gasteiger partial charge in [-0.1, -0.05) is 24.1 Å². The molecule has 0 heterocycles. The van der Waals surface area contributed by atoms with Gasteiger partial charge < -0.3 is 15.4 Å². The van der Waals surface area contributed by atoms with Gasteiger partial charge in [-0.15, -0.1) is 6.42 Å². The van der Waals surface area contributed by atoms with Gasteiger partial charge in [0.2, 0.25) is 5.91 Å². The van der Waals surface area contributed by atoms with Crippen molar-refractivity contribution < 1.29 is 14.3 Å². The van der Waals surface area contributed by atoms with Crippen LogP contribution in [0.25, 0.3) is 0 Å². The summed E-state index contributed by atoms with van der Waals surface area (Å²) in [5, 5.41) is 5.51. The summed E-state index contributed by atoms with van der Waals surface area (Å²) >= 11 is 0. The Morgan fingerprint density at radius 3 is 2.58 bits per heavy atom. The molecule has 5 heteroatoms. The third-order valence-corrected chi connectivity index (χ3v) is 3.17. The van der Waals surface area contributed by atoms with E-state index in [1.54, 1.807) is 48.5 Å². The van der Waals surface area contributed by atoms with Crippen molar-refractivity contribution in [2.45, 2.75) is 13.5 Å². The van der Waals surface area contributed by atoms with Gasteiger partial charge in [0, 0.05) is 30.8 Å². The molecular weight excluding hydrogens is 304 g/mol. The van der Waals surface area contributed by atoms with Crippen molar-refractivity contribution in [2.24, 2.45) is 0 Å². The molecular formula is C19H18N2O3. The van der Waals surface area contributed by atoms with Crippen LogP contribution in [-0.2, 0) is 11.3 Å². The van der Waals surface area contributed by atoms with Crippen LogP contribution in [-0.4, -0.2) is 18.4 Å². The van der Waals surface area contributed by atoms with Crippen molar-refractivity contribution in [3.05, 3.63) is 59.7 Å². The van der Waals surface area contributed by atoms with Crippen LogP contribution in [0.3, 0.4) is 0 Å². The minimum Gasteiger partial charge on any atom is -0.481 e. The van der Waals surface area contributed by atoms with Crippen molar-refractivity contribution in [2.75, 3.05) is 11.9 Å². The number of hydrogen-bond donors (Lipinski definition) is 2. The summed E-state index contributed by atoms with van der Waals surface area (Å²) in [5.41, 5.74) is 2.07. The summed E-state index contributed by atoms with van der Waals surface area (Å²) in [6.07, 6.45) is 5.15. The second-order valence-corrected chi connectivity index (χ2v) is 5.08. The predicted octanol–water partition coefficient (Wildman–Crippen LogP) is 2.59. The lowest BCUT2D eigenvalue weighted by atomic mass is 10.1. The SMILES string of the molecule is C#CCOc1cccc(NC(=O)c2ccc(CNC(C)=O)cc2)c1. The van der Waals surface area contributed by atoms with Gasteiger partial charge in [-0.25, -0.2) is 0 Å². The van der Waals surface area contributed by atoms with E-state index >= 15 is 0 Å². The summed E-state index contributed by atoms with van der Waals surface area (Å²) in [7, 11) is 0. The summed E-state index contributed by atoms with van der Waals surface area (Å²) in [6.45, 7) is 2.07. The Hall–Kier alpha value is -3.26. The highest BCUT2D eigenvalue weighted by Crippen LogP contribution is 2.18. The number of nitrogens with one attached hydrogen (secondary N) is 2. The molecule has 0 unspecified atom stereocenters. The normalized spacial score (nSPS) is 9.67. The number of carbonyl (C=O) groups is 2. The molecule has 0 fully saturated rings. The minimum absolute atomic E-state index is 0.0937. The molecule has 0 saturated carbocycles. The maximum Gasteiger partial charge on any atom is 0.255 e. The highest BCUT2D eigenvalue weighted by molar-refractivity contribution is 6.04. The zero-order valence-corrected chi connectivity index (χ0v) is 13.3. The van der Waals surface area contributed by atoms with Crippen molar-refractivity contribution in [1.82, 2.24) is 5.32 Å². The molecule has 0 aromatic heterocycles. The first-order valence-electron chi connectivity index (χ1n) is 7.39. The van der Waals surface area contributed by atoms with Gasteiger partial charge >= 0.3 is 0 Å². The molecule has 122 valence electrons. The molecule has 5 nitrogen and oxygen atoms in total. The Morgan fingerprint density at radius 2 is 1.92 bits per heavy atom. The number of amides is 2. The Morgan fingerprint density at radius 1 is 1.17 bits per heavy atom. The average Bonchev–Trinajstić information content (AvgIpc) is 2.59. The molecule has 0 aliphatic rings. The number of benzene rings is 2. The van der Waals surface area contributed by atoms with E-state index in [0.717, 1.165) is 5.56 Å². The van der Waals surface area contributed by atoms with Crippen molar-refractivity contribution in [3.8, 4) is 18.1 Å². The molecule has 0 spiro atoms. The first-order chi connectivity index (χ1) is 11.6. The van der Waals surface area contributed by atoms with Gasteiger partial charge in [-0.2, -0.15) is 0 Å². The molecule has 2 rings (SSSR count). The van der Waals surface area contributed by atoms with E-state index in [1.807, 2.05) is 0 Å². The van der Waals surface area contributed by atoms with Crippen LogP contribution in [0.5, 0.6) is 5.75 Å². The first-order valence-corrected chi connectivity index (χ1v) is 7.39. The van der Waals surface area contributed by atoms with Crippen LogP contribution < -0.4 is 15.4 Å². The fourth-order valence-electron chi connectivity index (χ4n) is 1.99. The molecule has 2 aromatic carbocycles. The van der Waals surface area contributed by atoms with Gasteiger partial charge in [-0.05, 0) is 29.8 Å². The molecule has 2 aromatic rings. The highest BCUT2D eigenvalue weighted by atomic mass is 16.5. The van der Waals surface area contributed by atoms with Gasteiger partial charge in [0.05, 0.1) is 0 Å². The standard InChI is InChI=1S/C19H18N2O3/c1-3-11-24-18-6-4-5-17(12-18)21-19(23)16-9-7-15(8-10-16)13-20-14(2)22/h1,4-10,12H,11,13H2,2H3,(H,20,22)(H,21,23). The topological polar surface area (TPSA) is 67.4 Å². The van der Waals surface area contributed by atoms with E-state index in [9.17, 15) is 9.59 Å². The van der Waals surface area contributed by atoms with Crippen LogP contribution in [0.1, 0.15) is 22.8 Å². The second-order valence-electron chi connectivity index (χ2n) is 5.08. The molecule has 0 atom stereocenters. The van der Waals surface area contributed by atoms with Crippen LogP contribution in [0.15, 0.2) is 48.5 Å². The Kier molecular flexibility index (Phi) is 5.98. The summed E-state index contributed by atoms with van der Waals surface area (Å²) in [4.78, 5) is 23.2. The maximum atomic E-state index is 12.3. The van der Waals surface area contributed by atoms with E-state index in [0.29, 0.717) is 23.5 Å². The second kappa shape index (κ2) is 8.39. The van der Waals surface area contributed by atoms with Crippen molar-refractivity contribution in [3.63, 3.8) is 0 Å². The van der Waals surface area contributed by atoms with Gasteiger partial charge in [0.1, 0.15) is 12.4 Å².